The fourth-order valence-electron chi connectivity index (χ4n) is 2.16. The minimum atomic E-state index is -0.290. The SMILES string of the molecule is Cn1c(=NC(=O)CCSc2ccc(Cl)cc2)sc2cc(F)ccc21. The summed E-state index contributed by atoms with van der Waals surface area (Å²) >= 11 is 8.74. The summed E-state index contributed by atoms with van der Waals surface area (Å²) in [6, 6.07) is 12.1. The van der Waals surface area contributed by atoms with E-state index in [9.17, 15) is 9.18 Å². The number of amides is 1. The van der Waals surface area contributed by atoms with E-state index in [0.29, 0.717) is 22.0 Å². The van der Waals surface area contributed by atoms with E-state index in [-0.39, 0.29) is 11.7 Å². The number of fused-ring (bicyclic) bond motifs is 1. The largest absolute Gasteiger partial charge is 0.319 e. The average Bonchev–Trinajstić information content (AvgIpc) is 2.84. The molecule has 124 valence electrons. The van der Waals surface area contributed by atoms with Gasteiger partial charge in [-0.2, -0.15) is 4.99 Å². The van der Waals surface area contributed by atoms with Crippen LogP contribution >= 0.6 is 34.7 Å². The molecule has 0 fully saturated rings. The van der Waals surface area contributed by atoms with Crippen molar-refractivity contribution in [1.29, 1.82) is 0 Å². The summed E-state index contributed by atoms with van der Waals surface area (Å²) in [5, 5.41) is 0.694. The van der Waals surface area contributed by atoms with Crippen molar-refractivity contribution in [1.82, 2.24) is 4.57 Å². The first-order valence-corrected chi connectivity index (χ1v) is 9.42. The van der Waals surface area contributed by atoms with Gasteiger partial charge >= 0.3 is 0 Å². The zero-order chi connectivity index (χ0) is 17.1. The summed E-state index contributed by atoms with van der Waals surface area (Å²) in [7, 11) is 1.82. The highest BCUT2D eigenvalue weighted by Crippen LogP contribution is 2.21. The van der Waals surface area contributed by atoms with Crippen molar-refractivity contribution in [3.8, 4) is 0 Å². The molecule has 0 aliphatic carbocycles. The normalized spacial score (nSPS) is 12.0. The Hall–Kier alpha value is -1.63. The average molecular weight is 381 g/mol. The van der Waals surface area contributed by atoms with Crippen LogP contribution < -0.4 is 4.80 Å². The molecule has 3 aromatic rings. The fraction of sp³-hybridized carbons (Fsp3) is 0.176. The maximum atomic E-state index is 13.3. The Balaban J connectivity index is 1.68. The van der Waals surface area contributed by atoms with Crippen molar-refractivity contribution in [3.63, 3.8) is 0 Å². The zero-order valence-corrected chi connectivity index (χ0v) is 15.2. The molecule has 2 aromatic carbocycles. The topological polar surface area (TPSA) is 34.4 Å². The van der Waals surface area contributed by atoms with E-state index in [1.807, 2.05) is 35.9 Å². The number of aryl methyl sites for hydroxylation is 1. The number of carbonyl (C=O) groups is 1. The van der Waals surface area contributed by atoms with Gasteiger partial charge in [-0.25, -0.2) is 4.39 Å². The number of hydrogen-bond acceptors (Lipinski definition) is 3. The van der Waals surface area contributed by atoms with Gasteiger partial charge in [-0.15, -0.1) is 11.8 Å². The van der Waals surface area contributed by atoms with Crippen molar-refractivity contribution in [2.75, 3.05) is 5.75 Å². The third kappa shape index (κ3) is 4.06. The Labute approximate surface area is 151 Å². The minimum Gasteiger partial charge on any atom is -0.319 e. The molecule has 1 amide bonds. The second-order valence-corrected chi connectivity index (χ2v) is 7.73. The number of thioether (sulfide) groups is 1. The maximum absolute atomic E-state index is 13.3. The lowest BCUT2D eigenvalue weighted by molar-refractivity contribution is -0.117. The molecular formula is C17H14ClFN2OS2. The smallest absolute Gasteiger partial charge is 0.249 e. The summed E-state index contributed by atoms with van der Waals surface area (Å²) in [4.78, 5) is 17.9. The molecule has 0 unspecified atom stereocenters. The Morgan fingerprint density at radius 3 is 2.79 bits per heavy atom. The van der Waals surface area contributed by atoms with Crippen LogP contribution in [0.5, 0.6) is 0 Å². The molecule has 0 saturated heterocycles. The van der Waals surface area contributed by atoms with Gasteiger partial charge in [-0.05, 0) is 42.5 Å². The molecule has 24 heavy (non-hydrogen) atoms. The van der Waals surface area contributed by atoms with Crippen molar-refractivity contribution in [2.24, 2.45) is 12.0 Å². The lowest BCUT2D eigenvalue weighted by Crippen LogP contribution is -2.13. The highest BCUT2D eigenvalue weighted by molar-refractivity contribution is 7.99. The molecule has 0 aliphatic rings. The molecular weight excluding hydrogens is 367 g/mol. The van der Waals surface area contributed by atoms with Crippen molar-refractivity contribution >= 4 is 50.8 Å². The number of aromatic nitrogens is 1. The van der Waals surface area contributed by atoms with Crippen LogP contribution in [0.2, 0.25) is 5.02 Å². The predicted molar refractivity (Wildman–Crippen MR) is 98.1 cm³/mol. The molecule has 0 atom stereocenters. The van der Waals surface area contributed by atoms with Crippen molar-refractivity contribution in [3.05, 3.63) is 58.1 Å². The highest BCUT2D eigenvalue weighted by Gasteiger charge is 2.06. The second kappa shape index (κ2) is 7.51. The first-order valence-electron chi connectivity index (χ1n) is 7.24. The van der Waals surface area contributed by atoms with Crippen LogP contribution in [0.25, 0.3) is 10.2 Å². The van der Waals surface area contributed by atoms with E-state index in [1.165, 1.54) is 23.5 Å². The molecule has 0 aliphatic heterocycles. The monoisotopic (exact) mass is 380 g/mol. The standard InChI is InChI=1S/C17H14ClFN2OS2/c1-21-14-7-4-12(19)10-15(14)24-17(21)20-16(22)8-9-23-13-5-2-11(18)3-6-13/h2-7,10H,8-9H2,1H3. The molecule has 0 bridgehead atoms. The summed E-state index contributed by atoms with van der Waals surface area (Å²) in [6.07, 6.45) is 0.343. The summed E-state index contributed by atoms with van der Waals surface area (Å²) in [6.45, 7) is 0. The Morgan fingerprint density at radius 1 is 1.29 bits per heavy atom. The molecule has 7 heteroatoms. The number of benzene rings is 2. The Bertz CT molecular complexity index is 947. The second-order valence-electron chi connectivity index (χ2n) is 5.11. The third-order valence-corrected chi connectivity index (χ3v) is 5.75. The fourth-order valence-corrected chi connectivity index (χ4v) is 4.19. The van der Waals surface area contributed by atoms with Gasteiger partial charge in [0, 0.05) is 29.1 Å². The van der Waals surface area contributed by atoms with Crippen LogP contribution in [-0.4, -0.2) is 16.2 Å². The number of thiazole rings is 1. The molecule has 0 spiro atoms. The maximum Gasteiger partial charge on any atom is 0.249 e. The van der Waals surface area contributed by atoms with Gasteiger partial charge in [-0.3, -0.25) is 4.79 Å². The van der Waals surface area contributed by atoms with Crippen LogP contribution in [0.4, 0.5) is 4.39 Å². The van der Waals surface area contributed by atoms with E-state index in [4.69, 9.17) is 11.6 Å². The highest BCUT2D eigenvalue weighted by atomic mass is 35.5. The molecule has 0 saturated carbocycles. The lowest BCUT2D eigenvalue weighted by atomic mass is 10.3. The van der Waals surface area contributed by atoms with Crippen LogP contribution in [0, 0.1) is 5.82 Å². The van der Waals surface area contributed by atoms with E-state index in [0.717, 1.165) is 15.1 Å². The van der Waals surface area contributed by atoms with Gasteiger partial charge in [0.2, 0.25) is 5.91 Å². The van der Waals surface area contributed by atoms with Crippen LogP contribution in [0.1, 0.15) is 6.42 Å². The van der Waals surface area contributed by atoms with E-state index in [2.05, 4.69) is 4.99 Å². The number of carbonyl (C=O) groups excluding carboxylic acids is 1. The minimum absolute atomic E-state index is 0.181. The van der Waals surface area contributed by atoms with Crippen LogP contribution in [0.3, 0.4) is 0 Å². The number of halogens is 2. The molecule has 3 nitrogen and oxygen atoms in total. The summed E-state index contributed by atoms with van der Waals surface area (Å²) < 4.78 is 15.9. The quantitative estimate of drug-likeness (QED) is 0.618. The van der Waals surface area contributed by atoms with E-state index in [1.54, 1.807) is 17.8 Å². The van der Waals surface area contributed by atoms with Gasteiger partial charge in [0.05, 0.1) is 10.2 Å². The van der Waals surface area contributed by atoms with Gasteiger partial charge in [0.25, 0.3) is 0 Å². The summed E-state index contributed by atoms with van der Waals surface area (Å²) in [5.74, 6) is 0.174. The number of rotatable bonds is 4. The van der Waals surface area contributed by atoms with Crippen LogP contribution in [-0.2, 0) is 11.8 Å². The zero-order valence-electron chi connectivity index (χ0n) is 12.8. The lowest BCUT2D eigenvalue weighted by Gasteiger charge is -1.99. The molecule has 0 N–H and O–H groups in total. The molecule has 0 radical (unpaired) electrons. The third-order valence-electron chi connectivity index (χ3n) is 3.39. The Kier molecular flexibility index (Phi) is 5.38. The molecule has 1 heterocycles. The van der Waals surface area contributed by atoms with E-state index < -0.39 is 0 Å². The van der Waals surface area contributed by atoms with Gasteiger partial charge < -0.3 is 4.57 Å². The van der Waals surface area contributed by atoms with Crippen molar-refractivity contribution in [2.45, 2.75) is 11.3 Å². The predicted octanol–water partition coefficient (Wildman–Crippen LogP) is 4.64. The first kappa shape index (κ1) is 17.2. The van der Waals surface area contributed by atoms with Gasteiger partial charge in [0.1, 0.15) is 5.82 Å². The number of hydrogen-bond donors (Lipinski definition) is 0. The van der Waals surface area contributed by atoms with Gasteiger partial charge in [0.15, 0.2) is 4.80 Å². The molecule has 3 rings (SSSR count). The summed E-state index contributed by atoms with van der Waals surface area (Å²) in [5.41, 5.74) is 0.864. The van der Waals surface area contributed by atoms with Crippen LogP contribution in [0.15, 0.2) is 52.4 Å². The van der Waals surface area contributed by atoms with E-state index >= 15 is 0 Å². The van der Waals surface area contributed by atoms with Crippen molar-refractivity contribution < 1.29 is 9.18 Å². The number of nitrogens with zero attached hydrogens (tertiary/aromatic N) is 2. The Morgan fingerprint density at radius 2 is 2.04 bits per heavy atom. The molecule has 1 aromatic heterocycles. The first-order chi connectivity index (χ1) is 11.5. The van der Waals surface area contributed by atoms with Gasteiger partial charge in [-0.1, -0.05) is 22.9 Å².